The van der Waals surface area contributed by atoms with Crippen LogP contribution in [-0.4, -0.2) is 23.4 Å². The Kier molecular flexibility index (Phi) is 7.12. The molecule has 35 heavy (non-hydrogen) atoms. The maximum atomic E-state index is 12.4. The van der Waals surface area contributed by atoms with Gasteiger partial charge in [0.2, 0.25) is 5.90 Å². The number of hydrogen-bond donors (Lipinski definition) is 0. The maximum absolute atomic E-state index is 12.4. The number of carbonyl (C=O) groups excluding carboxylic acids is 1. The molecule has 0 bridgehead atoms. The number of non-ortho nitro benzene ring substituents is 1. The molecule has 1 heterocycles. The number of aliphatic imine (C=N–C) groups is 1. The first-order valence-corrected chi connectivity index (χ1v) is 11.1. The van der Waals surface area contributed by atoms with E-state index in [0.717, 1.165) is 5.56 Å². The van der Waals surface area contributed by atoms with Crippen molar-refractivity contribution in [3.05, 3.63) is 104 Å². The minimum Gasteiger partial charge on any atom is -0.490 e. The number of nitro groups is 1. The lowest BCUT2D eigenvalue weighted by molar-refractivity contribution is -0.384. The summed E-state index contributed by atoms with van der Waals surface area (Å²) in [6.07, 6.45) is 1.56. The molecule has 1 aliphatic heterocycles. The average molecular weight is 493 g/mol. The number of rotatable bonds is 8. The molecule has 1 aliphatic rings. The lowest BCUT2D eigenvalue weighted by Gasteiger charge is -2.13. The molecule has 9 heteroatoms. The van der Waals surface area contributed by atoms with Gasteiger partial charge in [-0.25, -0.2) is 9.79 Å². The lowest BCUT2D eigenvalue weighted by atomic mass is 10.1. The third-order valence-corrected chi connectivity index (χ3v) is 5.41. The Labute approximate surface area is 206 Å². The molecule has 0 fully saturated rings. The van der Waals surface area contributed by atoms with Gasteiger partial charge in [-0.2, -0.15) is 0 Å². The third kappa shape index (κ3) is 5.67. The Bertz CT molecular complexity index is 1350. The van der Waals surface area contributed by atoms with Gasteiger partial charge in [-0.1, -0.05) is 47.5 Å². The first-order chi connectivity index (χ1) is 16.8. The summed E-state index contributed by atoms with van der Waals surface area (Å²) >= 11 is 6.14. The number of cyclic esters (lactones) is 1. The number of esters is 1. The van der Waals surface area contributed by atoms with Gasteiger partial charge in [-0.05, 0) is 49.2 Å². The number of carbonyl (C=O) groups is 1. The highest BCUT2D eigenvalue weighted by Gasteiger charge is 2.26. The molecule has 178 valence electrons. The van der Waals surface area contributed by atoms with E-state index in [0.29, 0.717) is 30.3 Å². The number of hydrogen-bond acceptors (Lipinski definition) is 7. The number of aryl methyl sites for hydroxylation is 1. The van der Waals surface area contributed by atoms with Gasteiger partial charge in [0.05, 0.1) is 22.1 Å². The zero-order valence-electron chi connectivity index (χ0n) is 19.0. The van der Waals surface area contributed by atoms with E-state index < -0.39 is 10.9 Å². The minimum absolute atomic E-state index is 0.0239. The standard InChI is InChI=1S/C26H21ClN2O6/c1-3-33-24-13-18(8-11-23(24)34-15-17-6-4-16(2)5-7-17)12-22-26(30)35-25(28-22)20-10-9-19(29(31)32)14-21(20)27/h4-14H,3,15H2,1-2H3/b22-12-. The van der Waals surface area contributed by atoms with Crippen LogP contribution in [0.1, 0.15) is 29.2 Å². The summed E-state index contributed by atoms with van der Waals surface area (Å²) < 4.78 is 16.9. The van der Waals surface area contributed by atoms with Crippen LogP contribution in [0.5, 0.6) is 11.5 Å². The van der Waals surface area contributed by atoms with Gasteiger partial charge in [0.1, 0.15) is 6.61 Å². The van der Waals surface area contributed by atoms with Crippen LogP contribution in [-0.2, 0) is 16.1 Å². The monoisotopic (exact) mass is 492 g/mol. The van der Waals surface area contributed by atoms with Crippen LogP contribution in [0, 0.1) is 17.0 Å². The van der Waals surface area contributed by atoms with Crippen molar-refractivity contribution in [3.8, 4) is 11.5 Å². The van der Waals surface area contributed by atoms with E-state index in [1.165, 1.54) is 23.8 Å². The number of halogens is 1. The molecule has 0 unspecified atom stereocenters. The molecule has 0 aromatic heterocycles. The second-order valence-corrected chi connectivity index (χ2v) is 8.08. The van der Waals surface area contributed by atoms with Crippen molar-refractivity contribution in [2.75, 3.05) is 6.61 Å². The van der Waals surface area contributed by atoms with E-state index in [1.54, 1.807) is 24.3 Å². The van der Waals surface area contributed by atoms with E-state index in [2.05, 4.69) is 4.99 Å². The fraction of sp³-hybridized carbons (Fsp3) is 0.154. The summed E-state index contributed by atoms with van der Waals surface area (Å²) in [4.78, 5) is 27.0. The summed E-state index contributed by atoms with van der Waals surface area (Å²) in [7, 11) is 0. The molecule has 3 aromatic rings. The molecule has 0 amide bonds. The summed E-state index contributed by atoms with van der Waals surface area (Å²) in [5.74, 6) is 0.421. The first kappa shape index (κ1) is 24.0. The highest BCUT2D eigenvalue weighted by molar-refractivity contribution is 6.34. The van der Waals surface area contributed by atoms with Crippen molar-refractivity contribution in [3.63, 3.8) is 0 Å². The number of nitro benzene ring substituents is 1. The molecular weight excluding hydrogens is 472 g/mol. The summed E-state index contributed by atoms with van der Waals surface area (Å²) in [6, 6.07) is 17.2. The van der Waals surface area contributed by atoms with E-state index in [1.807, 2.05) is 38.1 Å². The van der Waals surface area contributed by atoms with E-state index >= 15 is 0 Å². The Morgan fingerprint density at radius 2 is 1.83 bits per heavy atom. The van der Waals surface area contributed by atoms with Gasteiger partial charge >= 0.3 is 5.97 Å². The second kappa shape index (κ2) is 10.4. The molecule has 3 aromatic carbocycles. The maximum Gasteiger partial charge on any atom is 0.363 e. The van der Waals surface area contributed by atoms with Gasteiger partial charge < -0.3 is 14.2 Å². The lowest BCUT2D eigenvalue weighted by Crippen LogP contribution is -2.06. The summed E-state index contributed by atoms with van der Waals surface area (Å²) in [6.45, 7) is 4.72. The zero-order valence-corrected chi connectivity index (χ0v) is 19.7. The fourth-order valence-corrected chi connectivity index (χ4v) is 3.58. The predicted molar refractivity (Wildman–Crippen MR) is 132 cm³/mol. The average Bonchev–Trinajstić information content (AvgIpc) is 3.19. The molecule has 0 N–H and O–H groups in total. The molecule has 0 atom stereocenters. The van der Waals surface area contributed by atoms with Crippen LogP contribution in [0.3, 0.4) is 0 Å². The SMILES string of the molecule is CCOc1cc(/C=C2\N=C(c3ccc([N+](=O)[O-])cc3Cl)OC2=O)ccc1OCc1ccc(C)cc1. The Balaban J connectivity index is 1.56. The molecule has 8 nitrogen and oxygen atoms in total. The van der Waals surface area contributed by atoms with Gasteiger partial charge in [-0.15, -0.1) is 0 Å². The van der Waals surface area contributed by atoms with Gasteiger partial charge in [0.15, 0.2) is 17.2 Å². The molecule has 4 rings (SSSR count). The molecule has 0 aliphatic carbocycles. The second-order valence-electron chi connectivity index (χ2n) is 7.67. The van der Waals surface area contributed by atoms with Crippen molar-refractivity contribution in [1.82, 2.24) is 0 Å². The zero-order chi connectivity index (χ0) is 24.9. The smallest absolute Gasteiger partial charge is 0.363 e. The summed E-state index contributed by atoms with van der Waals surface area (Å²) in [5.41, 5.74) is 3.03. The van der Waals surface area contributed by atoms with Gasteiger partial charge in [0.25, 0.3) is 5.69 Å². The van der Waals surface area contributed by atoms with E-state index in [-0.39, 0.29) is 27.9 Å². The largest absolute Gasteiger partial charge is 0.490 e. The number of ether oxygens (including phenoxy) is 3. The van der Waals surface area contributed by atoms with Crippen molar-refractivity contribution in [2.45, 2.75) is 20.5 Å². The fourth-order valence-electron chi connectivity index (χ4n) is 3.32. The Morgan fingerprint density at radius 3 is 2.51 bits per heavy atom. The van der Waals surface area contributed by atoms with Crippen LogP contribution in [0.2, 0.25) is 5.02 Å². The highest BCUT2D eigenvalue weighted by atomic mass is 35.5. The summed E-state index contributed by atoms with van der Waals surface area (Å²) in [5, 5.41) is 11.0. The molecule has 0 saturated carbocycles. The predicted octanol–water partition coefficient (Wildman–Crippen LogP) is 5.88. The quantitative estimate of drug-likeness (QED) is 0.168. The van der Waals surface area contributed by atoms with Crippen molar-refractivity contribution >= 4 is 35.2 Å². The number of benzene rings is 3. The molecule has 0 radical (unpaired) electrons. The van der Waals surface area contributed by atoms with Crippen LogP contribution in [0.15, 0.2) is 71.4 Å². The first-order valence-electron chi connectivity index (χ1n) is 10.8. The van der Waals surface area contributed by atoms with Crippen molar-refractivity contribution in [1.29, 1.82) is 0 Å². The molecule has 0 saturated heterocycles. The van der Waals surface area contributed by atoms with Crippen molar-refractivity contribution in [2.24, 2.45) is 4.99 Å². The third-order valence-electron chi connectivity index (χ3n) is 5.10. The Hall–Kier alpha value is -4.17. The van der Waals surface area contributed by atoms with E-state index in [4.69, 9.17) is 25.8 Å². The van der Waals surface area contributed by atoms with Gasteiger partial charge in [-0.3, -0.25) is 10.1 Å². The van der Waals surface area contributed by atoms with Gasteiger partial charge in [0, 0.05) is 12.1 Å². The van der Waals surface area contributed by atoms with E-state index in [9.17, 15) is 14.9 Å². The highest BCUT2D eigenvalue weighted by Crippen LogP contribution is 2.32. The topological polar surface area (TPSA) is 100 Å². The number of nitrogens with zero attached hydrogens (tertiary/aromatic N) is 2. The Morgan fingerprint density at radius 1 is 1.06 bits per heavy atom. The van der Waals surface area contributed by atoms with Crippen LogP contribution in [0.25, 0.3) is 6.08 Å². The normalized spacial score (nSPS) is 14.0. The minimum atomic E-state index is -0.660. The molecular formula is C26H21ClN2O6. The van der Waals surface area contributed by atoms with Crippen molar-refractivity contribution < 1.29 is 23.9 Å². The van der Waals surface area contributed by atoms with Crippen LogP contribution in [0.4, 0.5) is 5.69 Å². The molecule has 0 spiro atoms. The van der Waals surface area contributed by atoms with Crippen LogP contribution >= 0.6 is 11.6 Å². The van der Waals surface area contributed by atoms with Crippen LogP contribution < -0.4 is 9.47 Å².